The topological polar surface area (TPSA) is 52.6 Å². The molecular formula is C12H24O4S. The predicted octanol–water partition coefficient (Wildman–Crippen LogP) is 1.99. The Morgan fingerprint density at radius 2 is 1.88 bits per heavy atom. The van der Waals surface area contributed by atoms with Crippen molar-refractivity contribution in [3.05, 3.63) is 0 Å². The van der Waals surface area contributed by atoms with E-state index < -0.39 is 9.84 Å². The molecule has 0 heterocycles. The number of sulfone groups is 1. The third-order valence-electron chi connectivity index (χ3n) is 3.29. The van der Waals surface area contributed by atoms with Crippen LogP contribution < -0.4 is 0 Å². The molecular weight excluding hydrogens is 240 g/mol. The summed E-state index contributed by atoms with van der Waals surface area (Å²) in [7, 11) is -1.42. The molecule has 5 heteroatoms. The van der Waals surface area contributed by atoms with Crippen molar-refractivity contribution in [1.29, 1.82) is 0 Å². The highest BCUT2D eigenvalue weighted by molar-refractivity contribution is 7.91. The van der Waals surface area contributed by atoms with E-state index in [0.29, 0.717) is 11.7 Å². The van der Waals surface area contributed by atoms with Crippen molar-refractivity contribution >= 4 is 9.84 Å². The maximum atomic E-state index is 11.8. The zero-order chi connectivity index (χ0) is 12.7. The van der Waals surface area contributed by atoms with E-state index in [1.165, 1.54) is 19.3 Å². The fourth-order valence-electron chi connectivity index (χ4n) is 2.21. The number of methoxy groups -OCH3 is 1. The lowest BCUT2D eigenvalue weighted by Gasteiger charge is -2.21. The number of ether oxygens (including phenoxy) is 2. The normalized spacial score (nSPS) is 20.4. The Morgan fingerprint density at radius 1 is 1.24 bits per heavy atom. The minimum atomic E-state index is -2.97. The summed E-state index contributed by atoms with van der Waals surface area (Å²) in [5, 5.41) is 0. The molecule has 1 aliphatic carbocycles. The van der Waals surface area contributed by atoms with E-state index in [0.717, 1.165) is 12.8 Å². The summed E-state index contributed by atoms with van der Waals surface area (Å²) in [6.07, 6.45) is 5.41. The van der Waals surface area contributed by atoms with E-state index in [-0.39, 0.29) is 18.6 Å². The van der Waals surface area contributed by atoms with Crippen molar-refractivity contribution in [2.45, 2.75) is 45.3 Å². The van der Waals surface area contributed by atoms with E-state index in [4.69, 9.17) is 9.47 Å². The standard InChI is InChI=1S/C12H24O4S/c1-11(15-2)16-8-9-17(13,14)10-12-6-4-3-5-7-12/h11-12H,3-10H2,1-2H3. The monoisotopic (exact) mass is 264 g/mol. The van der Waals surface area contributed by atoms with Gasteiger partial charge in [-0.3, -0.25) is 0 Å². The van der Waals surface area contributed by atoms with Gasteiger partial charge in [-0.1, -0.05) is 19.3 Å². The molecule has 0 radical (unpaired) electrons. The number of rotatable bonds is 7. The molecule has 0 aromatic carbocycles. The smallest absolute Gasteiger partial charge is 0.154 e. The molecule has 0 amide bonds. The Balaban J connectivity index is 2.25. The van der Waals surface area contributed by atoms with Gasteiger partial charge in [0.05, 0.1) is 18.1 Å². The van der Waals surface area contributed by atoms with Gasteiger partial charge in [0, 0.05) is 7.11 Å². The minimum absolute atomic E-state index is 0.108. The van der Waals surface area contributed by atoms with Crippen LogP contribution in [0.4, 0.5) is 0 Å². The fraction of sp³-hybridized carbons (Fsp3) is 1.00. The summed E-state index contributed by atoms with van der Waals surface area (Å²) in [6.45, 7) is 1.98. The lowest BCUT2D eigenvalue weighted by Crippen LogP contribution is -2.24. The van der Waals surface area contributed by atoms with Gasteiger partial charge in [0.25, 0.3) is 0 Å². The second-order valence-electron chi connectivity index (χ2n) is 4.79. The van der Waals surface area contributed by atoms with E-state index >= 15 is 0 Å². The molecule has 102 valence electrons. The van der Waals surface area contributed by atoms with Gasteiger partial charge in [0.2, 0.25) is 0 Å². The Hall–Kier alpha value is -0.130. The highest BCUT2D eigenvalue weighted by Gasteiger charge is 2.21. The number of hydrogen-bond acceptors (Lipinski definition) is 4. The summed E-state index contributed by atoms with van der Waals surface area (Å²) in [5.41, 5.74) is 0. The van der Waals surface area contributed by atoms with Crippen LogP contribution in [0.5, 0.6) is 0 Å². The van der Waals surface area contributed by atoms with Crippen LogP contribution in [0.1, 0.15) is 39.0 Å². The average molecular weight is 264 g/mol. The van der Waals surface area contributed by atoms with Crippen LogP contribution in [0.15, 0.2) is 0 Å². The first-order valence-electron chi connectivity index (χ1n) is 6.38. The molecule has 0 spiro atoms. The van der Waals surface area contributed by atoms with Crippen molar-refractivity contribution in [3.8, 4) is 0 Å². The number of hydrogen-bond donors (Lipinski definition) is 0. The van der Waals surface area contributed by atoms with Crippen molar-refractivity contribution in [2.24, 2.45) is 5.92 Å². The minimum Gasteiger partial charge on any atom is -0.356 e. The van der Waals surface area contributed by atoms with E-state index in [1.807, 2.05) is 0 Å². The van der Waals surface area contributed by atoms with Crippen molar-refractivity contribution < 1.29 is 17.9 Å². The Kier molecular flexibility index (Phi) is 6.44. The summed E-state index contributed by atoms with van der Waals surface area (Å²) < 4.78 is 33.8. The van der Waals surface area contributed by atoms with Crippen LogP contribution in [-0.2, 0) is 19.3 Å². The van der Waals surface area contributed by atoms with Crippen LogP contribution in [0, 0.1) is 5.92 Å². The van der Waals surface area contributed by atoms with Crippen LogP contribution in [0.2, 0.25) is 0 Å². The quantitative estimate of drug-likeness (QED) is 0.660. The summed E-state index contributed by atoms with van der Waals surface area (Å²) >= 11 is 0. The van der Waals surface area contributed by atoms with Crippen molar-refractivity contribution in [1.82, 2.24) is 0 Å². The molecule has 0 aromatic rings. The van der Waals surface area contributed by atoms with Gasteiger partial charge in [0.15, 0.2) is 16.1 Å². The predicted molar refractivity (Wildman–Crippen MR) is 67.7 cm³/mol. The molecule has 0 N–H and O–H groups in total. The van der Waals surface area contributed by atoms with Gasteiger partial charge in [-0.05, 0) is 25.7 Å². The molecule has 1 fully saturated rings. The van der Waals surface area contributed by atoms with Crippen LogP contribution in [-0.4, -0.2) is 39.9 Å². The maximum absolute atomic E-state index is 11.8. The van der Waals surface area contributed by atoms with Crippen LogP contribution in [0.25, 0.3) is 0 Å². The maximum Gasteiger partial charge on any atom is 0.154 e. The zero-order valence-corrected chi connectivity index (χ0v) is 11.7. The SMILES string of the molecule is COC(C)OCCS(=O)(=O)CC1CCCCC1. The van der Waals surface area contributed by atoms with E-state index in [2.05, 4.69) is 0 Å². The lowest BCUT2D eigenvalue weighted by molar-refractivity contribution is -0.106. The Bertz CT molecular complexity index is 294. The fourth-order valence-corrected chi connectivity index (χ4v) is 3.77. The zero-order valence-electron chi connectivity index (χ0n) is 10.9. The van der Waals surface area contributed by atoms with E-state index in [9.17, 15) is 8.42 Å². The second-order valence-corrected chi connectivity index (χ2v) is 7.02. The summed E-state index contributed by atoms with van der Waals surface area (Å²) in [6, 6.07) is 0. The van der Waals surface area contributed by atoms with Gasteiger partial charge in [-0.25, -0.2) is 8.42 Å². The van der Waals surface area contributed by atoms with Crippen molar-refractivity contribution in [3.63, 3.8) is 0 Å². The first kappa shape index (κ1) is 14.9. The molecule has 0 aromatic heterocycles. The van der Waals surface area contributed by atoms with Gasteiger partial charge < -0.3 is 9.47 Å². The average Bonchev–Trinajstić information content (AvgIpc) is 2.29. The molecule has 0 bridgehead atoms. The van der Waals surface area contributed by atoms with Gasteiger partial charge in [-0.2, -0.15) is 0 Å². The summed E-state index contributed by atoms with van der Waals surface area (Å²) in [4.78, 5) is 0. The van der Waals surface area contributed by atoms with Gasteiger partial charge in [-0.15, -0.1) is 0 Å². The molecule has 4 nitrogen and oxygen atoms in total. The first-order valence-corrected chi connectivity index (χ1v) is 8.20. The van der Waals surface area contributed by atoms with Gasteiger partial charge in [0.1, 0.15) is 0 Å². The Labute approximate surface area is 105 Å². The largest absolute Gasteiger partial charge is 0.356 e. The second kappa shape index (κ2) is 7.34. The highest BCUT2D eigenvalue weighted by atomic mass is 32.2. The third kappa shape index (κ3) is 6.38. The molecule has 1 unspecified atom stereocenters. The first-order chi connectivity index (χ1) is 8.03. The molecule has 1 rings (SSSR count). The molecule has 0 saturated heterocycles. The lowest BCUT2D eigenvalue weighted by atomic mass is 9.91. The highest BCUT2D eigenvalue weighted by Crippen LogP contribution is 2.24. The molecule has 17 heavy (non-hydrogen) atoms. The third-order valence-corrected chi connectivity index (χ3v) is 5.06. The molecule has 1 atom stereocenters. The van der Waals surface area contributed by atoms with Crippen LogP contribution in [0.3, 0.4) is 0 Å². The Morgan fingerprint density at radius 3 is 2.47 bits per heavy atom. The van der Waals surface area contributed by atoms with Crippen molar-refractivity contribution in [2.75, 3.05) is 25.2 Å². The summed E-state index contributed by atoms with van der Waals surface area (Å²) in [5.74, 6) is 0.808. The van der Waals surface area contributed by atoms with E-state index in [1.54, 1.807) is 14.0 Å². The van der Waals surface area contributed by atoms with Crippen LogP contribution >= 0.6 is 0 Å². The molecule has 1 saturated carbocycles. The molecule has 1 aliphatic rings. The molecule has 0 aliphatic heterocycles. The van der Waals surface area contributed by atoms with Gasteiger partial charge >= 0.3 is 0 Å².